The van der Waals surface area contributed by atoms with Gasteiger partial charge in [0.1, 0.15) is 27.3 Å². The van der Waals surface area contributed by atoms with E-state index in [1.807, 2.05) is 11.6 Å². The Morgan fingerprint density at radius 3 is 2.84 bits per heavy atom. The number of thiazole rings is 1. The Bertz CT molecular complexity index is 1230. The molecule has 0 aliphatic carbocycles. The summed E-state index contributed by atoms with van der Waals surface area (Å²) in [6.45, 7) is 1.13. The van der Waals surface area contributed by atoms with Crippen LogP contribution in [0.3, 0.4) is 0 Å². The van der Waals surface area contributed by atoms with Crippen molar-refractivity contribution in [3.05, 3.63) is 58.8 Å². The molecule has 5 rings (SSSR count). The molecule has 5 heterocycles. The predicted octanol–water partition coefficient (Wildman–Crippen LogP) is 3.76. The van der Waals surface area contributed by atoms with Gasteiger partial charge in [-0.3, -0.25) is 4.79 Å². The van der Waals surface area contributed by atoms with Crippen molar-refractivity contribution in [3.63, 3.8) is 0 Å². The van der Waals surface area contributed by atoms with E-state index < -0.39 is 0 Å². The maximum atomic E-state index is 13.1. The molecule has 1 aliphatic heterocycles. The molecule has 1 aliphatic rings. The van der Waals surface area contributed by atoms with Crippen LogP contribution in [-0.4, -0.2) is 54.5 Å². The molecule has 0 bridgehead atoms. The monoisotopic (exact) mass is 457 g/mol. The molecule has 0 unspecified atom stereocenters. The van der Waals surface area contributed by atoms with E-state index in [-0.39, 0.29) is 28.6 Å². The average Bonchev–Trinajstić information content (AvgIpc) is 3.39. The number of nitrogens with one attached hydrogen (secondary N) is 1. The molecule has 1 fully saturated rings. The standard InChI is InChI=1S/C20H17ClFN7OS/c21-16-9-15(26-18(27-16)14-11-24-29-7-8-31-20(14)29)19(30)28-5-3-13(4-6-28)25-17-2-1-12(22)10-23-17/h1-2,7-11,13H,3-6H2,(H,23,25). The Hall–Kier alpha value is -3.11. The number of carbonyl (C=O) groups excluding carboxylic acids is 1. The number of likely N-dealkylation sites (tertiary alicyclic amines) is 1. The Morgan fingerprint density at radius 1 is 1.23 bits per heavy atom. The second kappa shape index (κ2) is 8.20. The zero-order valence-electron chi connectivity index (χ0n) is 16.2. The molecule has 11 heteroatoms. The number of rotatable bonds is 4. The van der Waals surface area contributed by atoms with E-state index >= 15 is 0 Å². The first-order chi connectivity index (χ1) is 15.1. The fourth-order valence-electron chi connectivity index (χ4n) is 3.59. The third kappa shape index (κ3) is 4.08. The molecule has 4 aromatic heterocycles. The van der Waals surface area contributed by atoms with Crippen molar-refractivity contribution in [2.45, 2.75) is 18.9 Å². The zero-order chi connectivity index (χ0) is 21.4. The van der Waals surface area contributed by atoms with Gasteiger partial charge in [-0.15, -0.1) is 11.3 Å². The number of aromatic nitrogens is 5. The third-order valence-corrected chi connectivity index (χ3v) is 6.23. The first kappa shape index (κ1) is 19.8. The predicted molar refractivity (Wildman–Crippen MR) is 116 cm³/mol. The van der Waals surface area contributed by atoms with Crippen molar-refractivity contribution < 1.29 is 9.18 Å². The molecular weight excluding hydrogens is 441 g/mol. The molecule has 1 amide bonds. The maximum absolute atomic E-state index is 13.1. The molecule has 0 aromatic carbocycles. The molecule has 8 nitrogen and oxygen atoms in total. The van der Waals surface area contributed by atoms with Crippen LogP contribution in [0.4, 0.5) is 10.2 Å². The van der Waals surface area contributed by atoms with Gasteiger partial charge in [-0.25, -0.2) is 23.9 Å². The second-order valence-corrected chi connectivity index (χ2v) is 8.46. The highest BCUT2D eigenvalue weighted by Gasteiger charge is 2.26. The minimum absolute atomic E-state index is 0.158. The number of nitrogens with zero attached hydrogens (tertiary/aromatic N) is 6. The molecule has 0 spiro atoms. The number of hydrogen-bond acceptors (Lipinski definition) is 7. The number of hydrogen-bond donors (Lipinski definition) is 1. The van der Waals surface area contributed by atoms with E-state index in [0.29, 0.717) is 24.7 Å². The summed E-state index contributed by atoms with van der Waals surface area (Å²) in [6.07, 6.45) is 6.19. The van der Waals surface area contributed by atoms with E-state index in [1.54, 1.807) is 21.7 Å². The van der Waals surface area contributed by atoms with Gasteiger partial charge < -0.3 is 10.2 Å². The summed E-state index contributed by atoms with van der Waals surface area (Å²) in [5.41, 5.74) is 0.999. The van der Waals surface area contributed by atoms with Crippen LogP contribution < -0.4 is 5.32 Å². The molecule has 1 saturated heterocycles. The maximum Gasteiger partial charge on any atom is 0.272 e. The van der Waals surface area contributed by atoms with E-state index in [9.17, 15) is 9.18 Å². The zero-order valence-corrected chi connectivity index (χ0v) is 17.8. The lowest BCUT2D eigenvalue weighted by Crippen LogP contribution is -2.42. The van der Waals surface area contributed by atoms with Gasteiger partial charge in [0.25, 0.3) is 5.91 Å². The van der Waals surface area contributed by atoms with Crippen molar-refractivity contribution in [2.75, 3.05) is 18.4 Å². The minimum atomic E-state index is -0.371. The molecule has 4 aromatic rings. The van der Waals surface area contributed by atoms with Crippen molar-refractivity contribution >= 4 is 39.5 Å². The van der Waals surface area contributed by atoms with E-state index in [0.717, 1.165) is 23.2 Å². The van der Waals surface area contributed by atoms with Gasteiger partial charge in [0.15, 0.2) is 5.82 Å². The van der Waals surface area contributed by atoms with Crippen LogP contribution in [0.15, 0.2) is 42.2 Å². The number of piperidine rings is 1. The lowest BCUT2D eigenvalue weighted by atomic mass is 10.0. The highest BCUT2D eigenvalue weighted by Crippen LogP contribution is 2.27. The number of fused-ring (bicyclic) bond motifs is 1. The summed E-state index contributed by atoms with van der Waals surface area (Å²) >= 11 is 7.72. The summed E-state index contributed by atoms with van der Waals surface area (Å²) in [6, 6.07) is 4.63. The van der Waals surface area contributed by atoms with Gasteiger partial charge in [-0.05, 0) is 25.0 Å². The van der Waals surface area contributed by atoms with Crippen LogP contribution in [0.25, 0.3) is 16.2 Å². The second-order valence-electron chi connectivity index (χ2n) is 7.18. The molecular formula is C20H17ClFN7OS. The lowest BCUT2D eigenvalue weighted by Gasteiger charge is -2.32. The van der Waals surface area contributed by atoms with Gasteiger partial charge in [-0.2, -0.15) is 5.10 Å². The first-order valence-electron chi connectivity index (χ1n) is 9.70. The van der Waals surface area contributed by atoms with Crippen LogP contribution in [0, 0.1) is 5.82 Å². The summed E-state index contributed by atoms with van der Waals surface area (Å²) in [5, 5.41) is 9.69. The van der Waals surface area contributed by atoms with E-state index in [2.05, 4.69) is 25.4 Å². The smallest absolute Gasteiger partial charge is 0.272 e. The highest BCUT2D eigenvalue weighted by molar-refractivity contribution is 7.16. The number of anilines is 1. The SMILES string of the molecule is O=C(c1cc(Cl)nc(-c2cnn3ccsc23)n1)N1CCC(Nc2ccc(F)cn2)CC1. The third-order valence-electron chi connectivity index (χ3n) is 5.15. The van der Waals surface area contributed by atoms with Crippen molar-refractivity contribution in [3.8, 4) is 11.4 Å². The first-order valence-corrected chi connectivity index (χ1v) is 11.0. The highest BCUT2D eigenvalue weighted by atomic mass is 35.5. The summed E-state index contributed by atoms with van der Waals surface area (Å²) in [5.74, 6) is 0.454. The fourth-order valence-corrected chi connectivity index (χ4v) is 4.56. The van der Waals surface area contributed by atoms with Crippen LogP contribution in [0.2, 0.25) is 5.15 Å². The Balaban J connectivity index is 1.29. The Morgan fingerprint density at radius 2 is 2.06 bits per heavy atom. The largest absolute Gasteiger partial charge is 0.367 e. The molecule has 1 N–H and O–H groups in total. The normalized spacial score (nSPS) is 14.8. The van der Waals surface area contributed by atoms with Crippen molar-refractivity contribution in [1.82, 2.24) is 29.5 Å². The van der Waals surface area contributed by atoms with Crippen LogP contribution >= 0.6 is 22.9 Å². The van der Waals surface area contributed by atoms with Gasteiger partial charge in [-0.1, -0.05) is 11.6 Å². The van der Waals surface area contributed by atoms with Crippen molar-refractivity contribution in [1.29, 1.82) is 0 Å². The number of halogens is 2. The van der Waals surface area contributed by atoms with Crippen LogP contribution in [0.5, 0.6) is 0 Å². The lowest BCUT2D eigenvalue weighted by molar-refractivity contribution is 0.0712. The van der Waals surface area contributed by atoms with Gasteiger partial charge in [0.2, 0.25) is 0 Å². The number of amides is 1. The Labute approximate surface area is 185 Å². The molecule has 158 valence electrons. The Kier molecular flexibility index (Phi) is 5.24. The topological polar surface area (TPSA) is 88.3 Å². The summed E-state index contributed by atoms with van der Waals surface area (Å²) in [7, 11) is 0. The summed E-state index contributed by atoms with van der Waals surface area (Å²) < 4.78 is 14.8. The minimum Gasteiger partial charge on any atom is -0.367 e. The fraction of sp³-hybridized carbons (Fsp3) is 0.250. The molecule has 31 heavy (non-hydrogen) atoms. The van der Waals surface area contributed by atoms with Gasteiger partial charge in [0.05, 0.1) is 18.0 Å². The molecule has 0 saturated carbocycles. The van der Waals surface area contributed by atoms with E-state index in [1.165, 1.54) is 29.7 Å². The van der Waals surface area contributed by atoms with Crippen LogP contribution in [-0.2, 0) is 0 Å². The average molecular weight is 458 g/mol. The quantitative estimate of drug-likeness (QED) is 0.469. The van der Waals surface area contributed by atoms with Crippen LogP contribution in [0.1, 0.15) is 23.3 Å². The van der Waals surface area contributed by atoms with Crippen molar-refractivity contribution in [2.24, 2.45) is 0 Å². The van der Waals surface area contributed by atoms with E-state index in [4.69, 9.17) is 11.6 Å². The molecule has 0 atom stereocenters. The number of pyridine rings is 1. The van der Waals surface area contributed by atoms with Gasteiger partial charge >= 0.3 is 0 Å². The number of carbonyl (C=O) groups is 1. The molecule has 0 radical (unpaired) electrons. The van der Waals surface area contributed by atoms with Gasteiger partial charge in [0, 0.05) is 36.8 Å². The summed E-state index contributed by atoms with van der Waals surface area (Å²) in [4.78, 5) is 28.5.